The Morgan fingerprint density at radius 3 is 2.00 bits per heavy atom. The lowest BCUT2D eigenvalue weighted by Gasteiger charge is -2.23. The molecule has 0 fully saturated rings. The zero-order valence-corrected chi connectivity index (χ0v) is 12.7. The van der Waals surface area contributed by atoms with Gasteiger partial charge in [-0.2, -0.15) is 0 Å². The average molecular weight is 255 g/mol. The second kappa shape index (κ2) is 9.15. The molecular formula is C15H31N2O+. The predicted molar refractivity (Wildman–Crippen MR) is 78.4 cm³/mol. The normalized spacial score (nSPS) is 11.3. The van der Waals surface area contributed by atoms with E-state index < -0.39 is 0 Å². The highest BCUT2D eigenvalue weighted by molar-refractivity contribution is 5.91. The molecule has 0 aliphatic carbocycles. The van der Waals surface area contributed by atoms with Crippen molar-refractivity contribution in [2.45, 2.75) is 45.4 Å². The first kappa shape index (κ1) is 17.2. The van der Waals surface area contributed by atoms with Crippen LogP contribution in [0.25, 0.3) is 0 Å². The second-order valence-electron chi connectivity index (χ2n) is 6.17. The molecule has 106 valence electrons. The van der Waals surface area contributed by atoms with Gasteiger partial charge >= 0.3 is 0 Å². The zero-order valence-electron chi connectivity index (χ0n) is 12.7. The highest BCUT2D eigenvalue weighted by atomic mass is 16.1. The van der Waals surface area contributed by atoms with Crippen LogP contribution in [-0.4, -0.2) is 44.6 Å². The molecule has 0 heterocycles. The molecule has 0 saturated carbocycles. The maximum absolute atomic E-state index is 11.2. The fourth-order valence-corrected chi connectivity index (χ4v) is 1.77. The number of hydrogen-bond acceptors (Lipinski definition) is 1. The highest BCUT2D eigenvalue weighted by Crippen LogP contribution is 2.06. The first-order chi connectivity index (χ1) is 8.33. The molecule has 1 amide bonds. The quantitative estimate of drug-likeness (QED) is 0.363. The molecule has 0 aliphatic heterocycles. The predicted octanol–water partition coefficient (Wildman–Crippen LogP) is 2.73. The van der Waals surface area contributed by atoms with Gasteiger partial charge in [-0.25, -0.2) is 0 Å². The Balaban J connectivity index is 3.22. The van der Waals surface area contributed by atoms with Gasteiger partial charge in [0.25, 0.3) is 0 Å². The van der Waals surface area contributed by atoms with E-state index in [0.717, 1.165) is 17.4 Å². The van der Waals surface area contributed by atoms with Crippen molar-refractivity contribution in [3.63, 3.8) is 0 Å². The van der Waals surface area contributed by atoms with Crippen LogP contribution in [-0.2, 0) is 4.79 Å². The lowest BCUT2D eigenvalue weighted by atomic mass is 10.1. The summed E-state index contributed by atoms with van der Waals surface area (Å²) in [7, 11) is 6.72. The van der Waals surface area contributed by atoms with E-state index in [1.807, 2.05) is 0 Å². The van der Waals surface area contributed by atoms with Crippen molar-refractivity contribution in [3.8, 4) is 0 Å². The van der Waals surface area contributed by atoms with Gasteiger partial charge in [0.2, 0.25) is 5.91 Å². The number of quaternary nitrogens is 1. The van der Waals surface area contributed by atoms with Gasteiger partial charge in [-0.05, 0) is 26.2 Å². The third kappa shape index (κ3) is 11.6. The fraction of sp³-hybridized carbons (Fsp3) is 0.800. The van der Waals surface area contributed by atoms with Crippen molar-refractivity contribution >= 4 is 5.91 Å². The van der Waals surface area contributed by atoms with Crippen LogP contribution in [0.5, 0.6) is 0 Å². The molecule has 0 aromatic rings. The number of carbonyl (C=O) groups is 1. The molecule has 0 aromatic heterocycles. The van der Waals surface area contributed by atoms with Gasteiger partial charge in [0, 0.05) is 12.1 Å². The number of carbonyl (C=O) groups excluding carboxylic acids is 1. The maximum Gasteiger partial charge on any atom is 0.246 e. The summed E-state index contributed by atoms with van der Waals surface area (Å²) in [5.41, 5.74) is 0.593. The van der Waals surface area contributed by atoms with Crippen molar-refractivity contribution in [1.29, 1.82) is 0 Å². The third-order valence-electron chi connectivity index (χ3n) is 2.93. The lowest BCUT2D eigenvalue weighted by Crippen LogP contribution is -2.35. The molecule has 0 unspecified atom stereocenters. The zero-order chi connectivity index (χ0) is 14.0. The topological polar surface area (TPSA) is 29.1 Å². The van der Waals surface area contributed by atoms with Crippen LogP contribution in [0.15, 0.2) is 12.2 Å². The van der Waals surface area contributed by atoms with Crippen LogP contribution < -0.4 is 5.32 Å². The van der Waals surface area contributed by atoms with Gasteiger partial charge in [-0.3, -0.25) is 4.79 Å². The van der Waals surface area contributed by atoms with Crippen LogP contribution >= 0.6 is 0 Å². The minimum Gasteiger partial charge on any atom is -0.352 e. The molecule has 0 radical (unpaired) electrons. The minimum atomic E-state index is -0.0158. The fourth-order valence-electron chi connectivity index (χ4n) is 1.77. The van der Waals surface area contributed by atoms with Crippen molar-refractivity contribution in [2.75, 3.05) is 34.2 Å². The summed E-state index contributed by atoms with van der Waals surface area (Å²) in [4.78, 5) is 11.2. The van der Waals surface area contributed by atoms with Crippen LogP contribution in [0.1, 0.15) is 45.4 Å². The Kier molecular flexibility index (Phi) is 8.73. The van der Waals surface area contributed by atoms with E-state index in [1.165, 1.54) is 38.6 Å². The average Bonchev–Trinajstić information content (AvgIpc) is 2.24. The smallest absolute Gasteiger partial charge is 0.246 e. The molecule has 0 rings (SSSR count). The van der Waals surface area contributed by atoms with E-state index >= 15 is 0 Å². The second-order valence-corrected chi connectivity index (χ2v) is 6.17. The maximum atomic E-state index is 11.2. The highest BCUT2D eigenvalue weighted by Gasteiger charge is 2.05. The van der Waals surface area contributed by atoms with Crippen molar-refractivity contribution in [2.24, 2.45) is 0 Å². The lowest BCUT2D eigenvalue weighted by molar-refractivity contribution is -0.870. The molecule has 1 N–H and O–H groups in total. The van der Waals surface area contributed by atoms with E-state index in [0.29, 0.717) is 5.57 Å². The Bertz CT molecular complexity index is 254. The Labute approximate surface area is 113 Å². The van der Waals surface area contributed by atoms with E-state index in [2.05, 4.69) is 33.0 Å². The Morgan fingerprint density at radius 2 is 1.50 bits per heavy atom. The van der Waals surface area contributed by atoms with Gasteiger partial charge in [0.15, 0.2) is 0 Å². The summed E-state index contributed by atoms with van der Waals surface area (Å²) in [5.74, 6) is -0.0158. The van der Waals surface area contributed by atoms with Gasteiger partial charge in [-0.1, -0.05) is 25.8 Å². The van der Waals surface area contributed by atoms with Crippen molar-refractivity contribution in [3.05, 3.63) is 12.2 Å². The standard InChI is InChI=1S/C15H30N2O/c1-14(2)15(18)16-12-10-8-6-7-9-11-13-17(3,4)5/h1,6-13H2,2-5H3/p+1. The van der Waals surface area contributed by atoms with Gasteiger partial charge < -0.3 is 9.80 Å². The first-order valence-corrected chi connectivity index (χ1v) is 7.07. The molecule has 3 heteroatoms. The Morgan fingerprint density at radius 1 is 1.00 bits per heavy atom. The summed E-state index contributed by atoms with van der Waals surface area (Å²) < 4.78 is 1.06. The van der Waals surface area contributed by atoms with E-state index in [-0.39, 0.29) is 5.91 Å². The number of nitrogens with one attached hydrogen (secondary N) is 1. The minimum absolute atomic E-state index is 0.0158. The Hall–Kier alpha value is -0.830. The van der Waals surface area contributed by atoms with E-state index in [4.69, 9.17) is 0 Å². The van der Waals surface area contributed by atoms with Crippen molar-refractivity contribution in [1.82, 2.24) is 5.32 Å². The number of hydrogen-bond donors (Lipinski definition) is 1. The van der Waals surface area contributed by atoms with Crippen LogP contribution in [0.4, 0.5) is 0 Å². The molecule has 18 heavy (non-hydrogen) atoms. The molecule has 0 saturated heterocycles. The van der Waals surface area contributed by atoms with Crippen LogP contribution in [0, 0.1) is 0 Å². The number of unbranched alkanes of at least 4 members (excludes halogenated alkanes) is 5. The van der Waals surface area contributed by atoms with Gasteiger partial charge in [0.05, 0.1) is 27.7 Å². The molecule has 0 aliphatic rings. The molecular weight excluding hydrogens is 224 g/mol. The van der Waals surface area contributed by atoms with E-state index in [1.54, 1.807) is 6.92 Å². The first-order valence-electron chi connectivity index (χ1n) is 7.07. The molecule has 0 atom stereocenters. The third-order valence-corrected chi connectivity index (χ3v) is 2.93. The summed E-state index contributed by atoms with van der Waals surface area (Å²) >= 11 is 0. The van der Waals surface area contributed by atoms with Crippen LogP contribution in [0.2, 0.25) is 0 Å². The van der Waals surface area contributed by atoms with Crippen LogP contribution in [0.3, 0.4) is 0 Å². The molecule has 0 bridgehead atoms. The molecule has 0 aromatic carbocycles. The summed E-state index contributed by atoms with van der Waals surface area (Å²) in [6.07, 6.45) is 7.52. The summed E-state index contributed by atoms with van der Waals surface area (Å²) in [6.45, 7) is 7.39. The number of amides is 1. The van der Waals surface area contributed by atoms with E-state index in [9.17, 15) is 4.79 Å². The molecule has 3 nitrogen and oxygen atoms in total. The summed E-state index contributed by atoms with van der Waals surface area (Å²) in [6, 6.07) is 0. The SMILES string of the molecule is C=C(C)C(=O)NCCCCCCCC[N+](C)(C)C. The molecule has 0 spiro atoms. The monoisotopic (exact) mass is 255 g/mol. The summed E-state index contributed by atoms with van der Waals surface area (Å²) in [5, 5.41) is 2.86. The van der Waals surface area contributed by atoms with Gasteiger partial charge in [-0.15, -0.1) is 0 Å². The largest absolute Gasteiger partial charge is 0.352 e. The van der Waals surface area contributed by atoms with Crippen molar-refractivity contribution < 1.29 is 9.28 Å². The van der Waals surface area contributed by atoms with Gasteiger partial charge in [0.1, 0.15) is 0 Å². The number of nitrogens with zero attached hydrogens (tertiary/aromatic N) is 1. The number of rotatable bonds is 10.